The largest absolute Gasteiger partial charge is 0.462 e. The van der Waals surface area contributed by atoms with Gasteiger partial charge >= 0.3 is 5.97 Å². The van der Waals surface area contributed by atoms with Gasteiger partial charge in [0.25, 0.3) is 0 Å². The van der Waals surface area contributed by atoms with E-state index in [-0.39, 0.29) is 17.9 Å². The summed E-state index contributed by atoms with van der Waals surface area (Å²) in [5.41, 5.74) is 5.70. The predicted molar refractivity (Wildman–Crippen MR) is 46.8 cm³/mol. The minimum absolute atomic E-state index is 0.0958. The van der Waals surface area contributed by atoms with E-state index in [4.69, 9.17) is 10.5 Å². The molecule has 1 aromatic carbocycles. The van der Waals surface area contributed by atoms with Crippen molar-refractivity contribution in [3.05, 3.63) is 29.6 Å². The second kappa shape index (κ2) is 3.89. The highest BCUT2D eigenvalue weighted by Gasteiger charge is 2.10. The highest BCUT2D eigenvalue weighted by molar-refractivity contribution is 5.94. The number of esters is 1. The Labute approximate surface area is 75.3 Å². The smallest absolute Gasteiger partial charge is 0.340 e. The number of nitrogens with two attached hydrogens (primary N) is 1. The second-order valence-electron chi connectivity index (χ2n) is 2.45. The number of hydrogen-bond acceptors (Lipinski definition) is 3. The third kappa shape index (κ3) is 2.18. The Bertz CT molecular complexity index is 325. The van der Waals surface area contributed by atoms with E-state index in [1.54, 1.807) is 6.92 Å². The van der Waals surface area contributed by atoms with Crippen LogP contribution in [0.4, 0.5) is 10.1 Å². The lowest BCUT2D eigenvalue weighted by Gasteiger charge is -2.04. The summed E-state index contributed by atoms with van der Waals surface area (Å²) in [7, 11) is 0. The van der Waals surface area contributed by atoms with Crippen molar-refractivity contribution in [3.63, 3.8) is 0 Å². The molecular formula is C9H10FNO2. The van der Waals surface area contributed by atoms with Crippen LogP contribution in [0.25, 0.3) is 0 Å². The van der Waals surface area contributed by atoms with E-state index in [0.717, 1.165) is 6.07 Å². The number of hydrogen-bond donors (Lipinski definition) is 1. The maximum Gasteiger partial charge on any atom is 0.340 e. The molecule has 0 atom stereocenters. The molecule has 1 aromatic rings. The number of nitrogen functional groups attached to an aromatic ring is 1. The molecule has 0 spiro atoms. The molecule has 0 saturated carbocycles. The van der Waals surface area contributed by atoms with Gasteiger partial charge in [0.05, 0.1) is 12.2 Å². The zero-order chi connectivity index (χ0) is 9.84. The highest BCUT2D eigenvalue weighted by atomic mass is 19.1. The third-order valence-corrected chi connectivity index (χ3v) is 1.51. The van der Waals surface area contributed by atoms with E-state index in [1.165, 1.54) is 12.1 Å². The van der Waals surface area contributed by atoms with Crippen LogP contribution in [0.2, 0.25) is 0 Å². The van der Waals surface area contributed by atoms with Crippen LogP contribution >= 0.6 is 0 Å². The fourth-order valence-electron chi connectivity index (χ4n) is 0.928. The number of rotatable bonds is 2. The van der Waals surface area contributed by atoms with Gasteiger partial charge in [0, 0.05) is 5.69 Å². The first-order valence-corrected chi connectivity index (χ1v) is 3.87. The van der Waals surface area contributed by atoms with Gasteiger partial charge in [0.1, 0.15) is 5.82 Å². The van der Waals surface area contributed by atoms with Crippen LogP contribution in [-0.4, -0.2) is 12.6 Å². The molecule has 0 fully saturated rings. The molecule has 0 heterocycles. The SMILES string of the molecule is CCOC(=O)c1ccc(F)cc1N. The van der Waals surface area contributed by atoms with Gasteiger partial charge in [-0.3, -0.25) is 0 Å². The normalized spacial score (nSPS) is 9.69. The maximum absolute atomic E-state index is 12.6. The van der Waals surface area contributed by atoms with Gasteiger partial charge in [-0.2, -0.15) is 0 Å². The van der Waals surface area contributed by atoms with Crippen LogP contribution in [0.15, 0.2) is 18.2 Å². The van der Waals surface area contributed by atoms with Crippen molar-refractivity contribution in [1.29, 1.82) is 0 Å². The summed E-state index contributed by atoms with van der Waals surface area (Å²) >= 11 is 0. The van der Waals surface area contributed by atoms with Gasteiger partial charge in [-0.25, -0.2) is 9.18 Å². The number of carbonyl (C=O) groups excluding carboxylic acids is 1. The topological polar surface area (TPSA) is 52.3 Å². The minimum Gasteiger partial charge on any atom is -0.462 e. The predicted octanol–water partition coefficient (Wildman–Crippen LogP) is 1.58. The van der Waals surface area contributed by atoms with Crippen LogP contribution in [0.5, 0.6) is 0 Å². The number of benzene rings is 1. The summed E-state index contributed by atoms with van der Waals surface area (Å²) < 4.78 is 17.3. The summed E-state index contributed by atoms with van der Waals surface area (Å²) in [5.74, 6) is -0.995. The summed E-state index contributed by atoms with van der Waals surface area (Å²) in [6.07, 6.45) is 0. The molecule has 0 aliphatic carbocycles. The molecule has 0 amide bonds. The fourth-order valence-corrected chi connectivity index (χ4v) is 0.928. The van der Waals surface area contributed by atoms with E-state index >= 15 is 0 Å². The average Bonchev–Trinajstić information content (AvgIpc) is 2.04. The summed E-state index contributed by atoms with van der Waals surface area (Å²) in [6.45, 7) is 1.97. The van der Waals surface area contributed by atoms with Crippen LogP contribution < -0.4 is 5.73 Å². The molecule has 4 heteroatoms. The Kier molecular flexibility index (Phi) is 2.84. The first-order valence-electron chi connectivity index (χ1n) is 3.87. The number of halogens is 1. The van der Waals surface area contributed by atoms with Crippen LogP contribution in [-0.2, 0) is 4.74 Å². The van der Waals surface area contributed by atoms with Crippen LogP contribution in [0, 0.1) is 5.82 Å². The van der Waals surface area contributed by atoms with E-state index in [0.29, 0.717) is 0 Å². The van der Waals surface area contributed by atoms with E-state index in [9.17, 15) is 9.18 Å². The van der Waals surface area contributed by atoms with Crippen molar-refractivity contribution in [2.24, 2.45) is 0 Å². The lowest BCUT2D eigenvalue weighted by Crippen LogP contribution is -2.07. The first kappa shape index (κ1) is 9.51. The van der Waals surface area contributed by atoms with Gasteiger partial charge < -0.3 is 10.5 Å². The van der Waals surface area contributed by atoms with Crippen LogP contribution in [0.3, 0.4) is 0 Å². The highest BCUT2D eigenvalue weighted by Crippen LogP contribution is 2.14. The Morgan fingerprint density at radius 2 is 2.31 bits per heavy atom. The summed E-state index contributed by atoms with van der Waals surface area (Å²) in [5, 5.41) is 0. The van der Waals surface area contributed by atoms with Gasteiger partial charge in [-0.05, 0) is 25.1 Å². The molecule has 2 N–H and O–H groups in total. The summed E-state index contributed by atoms with van der Waals surface area (Å²) in [4.78, 5) is 11.2. The average molecular weight is 183 g/mol. The molecule has 0 radical (unpaired) electrons. The van der Waals surface area contributed by atoms with E-state index in [1.807, 2.05) is 0 Å². The number of ether oxygens (including phenoxy) is 1. The van der Waals surface area contributed by atoms with Crippen LogP contribution in [0.1, 0.15) is 17.3 Å². The number of carbonyl (C=O) groups is 1. The molecule has 70 valence electrons. The minimum atomic E-state index is -0.528. The Morgan fingerprint density at radius 3 is 2.85 bits per heavy atom. The molecule has 0 aromatic heterocycles. The molecule has 0 unspecified atom stereocenters. The van der Waals surface area contributed by atoms with Crippen molar-refractivity contribution in [2.45, 2.75) is 6.92 Å². The van der Waals surface area contributed by atoms with Gasteiger partial charge in [-0.15, -0.1) is 0 Å². The molecule has 0 aliphatic rings. The second-order valence-corrected chi connectivity index (χ2v) is 2.45. The van der Waals surface area contributed by atoms with E-state index < -0.39 is 11.8 Å². The first-order chi connectivity index (χ1) is 6.15. The fraction of sp³-hybridized carbons (Fsp3) is 0.222. The Balaban J connectivity index is 2.95. The molecule has 1 rings (SSSR count). The number of anilines is 1. The van der Waals surface area contributed by atoms with Crippen molar-refractivity contribution in [1.82, 2.24) is 0 Å². The van der Waals surface area contributed by atoms with Gasteiger partial charge in [0.2, 0.25) is 0 Å². The zero-order valence-corrected chi connectivity index (χ0v) is 7.21. The molecule has 13 heavy (non-hydrogen) atoms. The third-order valence-electron chi connectivity index (χ3n) is 1.51. The lowest BCUT2D eigenvalue weighted by atomic mass is 10.2. The van der Waals surface area contributed by atoms with Gasteiger partial charge in [-0.1, -0.05) is 0 Å². The molecule has 3 nitrogen and oxygen atoms in total. The Hall–Kier alpha value is -1.58. The monoisotopic (exact) mass is 183 g/mol. The molecule has 0 aliphatic heterocycles. The molecule has 0 saturated heterocycles. The van der Waals surface area contributed by atoms with Gasteiger partial charge in [0.15, 0.2) is 0 Å². The Morgan fingerprint density at radius 1 is 1.62 bits per heavy atom. The molecular weight excluding hydrogens is 173 g/mol. The lowest BCUT2D eigenvalue weighted by molar-refractivity contribution is 0.0527. The van der Waals surface area contributed by atoms with Crippen molar-refractivity contribution >= 4 is 11.7 Å². The summed E-state index contributed by atoms with van der Waals surface area (Å²) in [6, 6.07) is 3.57. The zero-order valence-electron chi connectivity index (χ0n) is 7.21. The van der Waals surface area contributed by atoms with Crippen molar-refractivity contribution in [2.75, 3.05) is 12.3 Å². The van der Waals surface area contributed by atoms with E-state index in [2.05, 4.69) is 0 Å². The van der Waals surface area contributed by atoms with Crippen molar-refractivity contribution < 1.29 is 13.9 Å². The maximum atomic E-state index is 12.6. The molecule has 0 bridgehead atoms. The van der Waals surface area contributed by atoms with Crippen molar-refractivity contribution in [3.8, 4) is 0 Å². The quantitative estimate of drug-likeness (QED) is 0.559. The standard InChI is InChI=1S/C9H10FNO2/c1-2-13-9(12)7-4-3-6(10)5-8(7)11/h3-5H,2,11H2,1H3.